The molecule has 0 bridgehead atoms. The molecule has 3 aromatic rings. The number of carboxylic acids is 1. The van der Waals surface area contributed by atoms with Crippen LogP contribution in [0.15, 0.2) is 53.7 Å². The fraction of sp³-hybridized carbons (Fsp3) is 0.200. The second-order valence-corrected chi connectivity index (χ2v) is 8.69. The second kappa shape index (κ2) is 8.17. The molecule has 0 aliphatic carbocycles. The van der Waals surface area contributed by atoms with Crippen molar-refractivity contribution >= 4 is 44.0 Å². The molecule has 30 heavy (non-hydrogen) atoms. The van der Waals surface area contributed by atoms with E-state index in [0.29, 0.717) is 5.39 Å². The molecule has 0 spiro atoms. The maximum absolute atomic E-state index is 12.9. The van der Waals surface area contributed by atoms with E-state index in [9.17, 15) is 23.1 Å². The predicted molar refractivity (Wildman–Crippen MR) is 114 cm³/mol. The number of carbonyl (C=O) groups is 2. The highest BCUT2D eigenvalue weighted by Crippen LogP contribution is 2.30. The molecule has 10 heteroatoms. The van der Waals surface area contributed by atoms with E-state index < -0.39 is 28.4 Å². The van der Waals surface area contributed by atoms with Crippen molar-refractivity contribution in [1.82, 2.24) is 9.29 Å². The Kier molecular flexibility index (Phi) is 5.81. The zero-order valence-electron chi connectivity index (χ0n) is 16.7. The number of amides is 1. The number of hydrogen-bond acceptors (Lipinski definition) is 5. The van der Waals surface area contributed by atoms with Crippen LogP contribution in [-0.4, -0.2) is 50.6 Å². The highest BCUT2D eigenvalue weighted by molar-refractivity contribution is 7.89. The molecule has 2 aromatic carbocycles. The van der Waals surface area contributed by atoms with Gasteiger partial charge in [0.1, 0.15) is 5.56 Å². The van der Waals surface area contributed by atoms with Gasteiger partial charge in [0.2, 0.25) is 15.9 Å². The van der Waals surface area contributed by atoms with Crippen LogP contribution in [0.4, 0.5) is 11.4 Å². The van der Waals surface area contributed by atoms with Gasteiger partial charge in [0.15, 0.2) is 0 Å². The molecule has 3 N–H and O–H groups in total. The minimum Gasteiger partial charge on any atom is -0.478 e. The number of nitrogens with zero attached hydrogens (tertiary/aromatic N) is 2. The van der Waals surface area contributed by atoms with E-state index >= 15 is 0 Å². The summed E-state index contributed by atoms with van der Waals surface area (Å²) >= 11 is 0. The number of anilines is 2. The van der Waals surface area contributed by atoms with Gasteiger partial charge < -0.3 is 19.9 Å². The van der Waals surface area contributed by atoms with Crippen LogP contribution in [0.25, 0.3) is 10.8 Å². The van der Waals surface area contributed by atoms with Gasteiger partial charge in [0.25, 0.3) is 0 Å². The molecule has 0 radical (unpaired) electrons. The van der Waals surface area contributed by atoms with Crippen LogP contribution in [0.3, 0.4) is 0 Å². The van der Waals surface area contributed by atoms with Crippen LogP contribution in [0.5, 0.6) is 0 Å². The van der Waals surface area contributed by atoms with Crippen molar-refractivity contribution in [2.24, 2.45) is 7.05 Å². The highest BCUT2D eigenvalue weighted by atomic mass is 32.2. The predicted octanol–water partition coefficient (Wildman–Crippen LogP) is 1.86. The van der Waals surface area contributed by atoms with Gasteiger partial charge in [-0.25, -0.2) is 17.9 Å². The van der Waals surface area contributed by atoms with Gasteiger partial charge in [-0.05, 0) is 12.1 Å². The SMILES string of the molecule is CN(C)c1cccc2c(S(=O)(=O)NCC(=O)Nc3cn(C)cc3C(=O)O)cccc12. The number of fused-ring (bicyclic) bond motifs is 1. The first-order valence-electron chi connectivity index (χ1n) is 8.98. The molecule has 0 aliphatic rings. The van der Waals surface area contributed by atoms with Crippen molar-refractivity contribution in [3.8, 4) is 0 Å². The number of aryl methyl sites for hydroxylation is 1. The first kappa shape index (κ1) is 21.3. The first-order valence-corrected chi connectivity index (χ1v) is 10.5. The van der Waals surface area contributed by atoms with Crippen LogP contribution in [0.1, 0.15) is 10.4 Å². The monoisotopic (exact) mass is 430 g/mol. The molecule has 0 aliphatic heterocycles. The summed E-state index contributed by atoms with van der Waals surface area (Å²) in [5.74, 6) is -1.87. The number of benzene rings is 2. The van der Waals surface area contributed by atoms with Gasteiger partial charge in [-0.3, -0.25) is 4.79 Å². The number of sulfonamides is 1. The molecule has 158 valence electrons. The fourth-order valence-corrected chi connectivity index (χ4v) is 4.38. The lowest BCUT2D eigenvalue weighted by Crippen LogP contribution is -2.33. The number of carboxylic acid groups (broad SMARTS) is 1. The summed E-state index contributed by atoms with van der Waals surface area (Å²) in [6, 6.07) is 10.3. The van der Waals surface area contributed by atoms with Crippen LogP contribution in [0, 0.1) is 0 Å². The first-order chi connectivity index (χ1) is 14.1. The van der Waals surface area contributed by atoms with E-state index in [1.807, 2.05) is 31.1 Å². The molecule has 3 rings (SSSR count). The summed E-state index contributed by atoms with van der Waals surface area (Å²) in [4.78, 5) is 25.4. The fourth-order valence-electron chi connectivity index (χ4n) is 3.18. The Balaban J connectivity index is 1.82. The molecule has 9 nitrogen and oxygen atoms in total. The summed E-state index contributed by atoms with van der Waals surface area (Å²) in [7, 11) is 1.37. The number of carbonyl (C=O) groups excluding carboxylic acids is 1. The third-order valence-corrected chi connectivity index (χ3v) is 5.97. The Morgan fingerprint density at radius 3 is 2.40 bits per heavy atom. The van der Waals surface area contributed by atoms with Gasteiger partial charge >= 0.3 is 5.97 Å². The average Bonchev–Trinajstić information content (AvgIpc) is 3.05. The summed E-state index contributed by atoms with van der Waals surface area (Å²) in [6.07, 6.45) is 2.78. The van der Waals surface area contributed by atoms with Gasteiger partial charge in [-0.1, -0.05) is 24.3 Å². The van der Waals surface area contributed by atoms with E-state index in [-0.39, 0.29) is 16.1 Å². The molecular weight excluding hydrogens is 408 g/mol. The van der Waals surface area contributed by atoms with E-state index in [2.05, 4.69) is 10.0 Å². The Hall–Kier alpha value is -3.37. The van der Waals surface area contributed by atoms with Crippen molar-refractivity contribution in [3.05, 3.63) is 54.4 Å². The van der Waals surface area contributed by atoms with Crippen molar-refractivity contribution < 1.29 is 23.1 Å². The third-order valence-electron chi connectivity index (χ3n) is 4.51. The summed E-state index contributed by atoms with van der Waals surface area (Å²) in [5, 5.41) is 12.9. The molecular formula is C20H22N4O5S. The largest absolute Gasteiger partial charge is 0.478 e. The van der Waals surface area contributed by atoms with Gasteiger partial charge in [-0.2, -0.15) is 0 Å². The summed E-state index contributed by atoms with van der Waals surface area (Å²) < 4.78 is 29.5. The highest BCUT2D eigenvalue weighted by Gasteiger charge is 2.21. The average molecular weight is 430 g/mol. The van der Waals surface area contributed by atoms with Crippen molar-refractivity contribution in [1.29, 1.82) is 0 Å². The standard InChI is InChI=1S/C20H22N4O5S/c1-23(2)17-8-4-7-14-13(17)6-5-9-18(14)30(28,29)21-10-19(25)22-16-12-24(3)11-15(16)20(26)27/h4-9,11-12,21H,10H2,1-3H3,(H,22,25)(H,26,27). The minimum atomic E-state index is -3.99. The van der Waals surface area contributed by atoms with Crippen LogP contribution < -0.4 is 14.9 Å². The second-order valence-electron chi connectivity index (χ2n) is 6.95. The lowest BCUT2D eigenvalue weighted by molar-refractivity contribution is -0.115. The smallest absolute Gasteiger partial charge is 0.339 e. The molecule has 0 saturated heterocycles. The van der Waals surface area contributed by atoms with E-state index in [1.54, 1.807) is 25.2 Å². The Bertz CT molecular complexity index is 1230. The molecule has 1 aromatic heterocycles. The number of rotatable bonds is 7. The van der Waals surface area contributed by atoms with Gasteiger partial charge in [-0.15, -0.1) is 0 Å². The molecule has 1 amide bonds. The maximum atomic E-state index is 12.9. The van der Waals surface area contributed by atoms with Crippen LogP contribution in [0.2, 0.25) is 0 Å². The van der Waals surface area contributed by atoms with Gasteiger partial charge in [0.05, 0.1) is 17.1 Å². The Morgan fingerprint density at radius 2 is 1.73 bits per heavy atom. The lowest BCUT2D eigenvalue weighted by Gasteiger charge is -2.17. The summed E-state index contributed by atoms with van der Waals surface area (Å²) in [5.41, 5.74) is 0.876. The topological polar surface area (TPSA) is 121 Å². The zero-order valence-corrected chi connectivity index (χ0v) is 17.5. The van der Waals surface area contributed by atoms with Crippen LogP contribution in [-0.2, 0) is 21.9 Å². The number of nitrogens with one attached hydrogen (secondary N) is 2. The Labute approximate surface area is 174 Å². The van der Waals surface area contributed by atoms with E-state index in [4.69, 9.17) is 0 Å². The lowest BCUT2D eigenvalue weighted by atomic mass is 10.1. The van der Waals surface area contributed by atoms with E-state index in [0.717, 1.165) is 11.1 Å². The Morgan fingerprint density at radius 1 is 1.07 bits per heavy atom. The van der Waals surface area contributed by atoms with Crippen molar-refractivity contribution in [2.45, 2.75) is 4.90 Å². The molecule has 0 atom stereocenters. The molecule has 0 saturated carbocycles. The number of aromatic carboxylic acids is 1. The van der Waals surface area contributed by atoms with Gasteiger partial charge in [0, 0.05) is 50.0 Å². The molecule has 0 unspecified atom stereocenters. The number of hydrogen-bond donors (Lipinski definition) is 3. The van der Waals surface area contributed by atoms with Crippen LogP contribution >= 0.6 is 0 Å². The molecule has 0 fully saturated rings. The number of aromatic nitrogens is 1. The van der Waals surface area contributed by atoms with Crippen molar-refractivity contribution in [3.63, 3.8) is 0 Å². The third kappa shape index (κ3) is 4.29. The summed E-state index contributed by atoms with van der Waals surface area (Å²) in [6.45, 7) is -0.542. The maximum Gasteiger partial charge on any atom is 0.339 e. The van der Waals surface area contributed by atoms with Crippen molar-refractivity contribution in [2.75, 3.05) is 30.9 Å². The zero-order chi connectivity index (χ0) is 22.1. The van der Waals surface area contributed by atoms with E-state index in [1.165, 1.54) is 23.0 Å². The molecule has 1 heterocycles. The quantitative estimate of drug-likeness (QED) is 0.526. The minimum absolute atomic E-state index is 0.0578. The normalized spacial score (nSPS) is 11.4.